The molecular formula is C37H74N2O6P+. The molecule has 0 saturated carbocycles. The zero-order chi connectivity index (χ0) is 34.4. The van der Waals surface area contributed by atoms with E-state index in [0.29, 0.717) is 17.4 Å². The average Bonchev–Trinajstić information content (AvgIpc) is 2.99. The molecule has 0 aromatic rings. The van der Waals surface area contributed by atoms with Crippen LogP contribution in [0.5, 0.6) is 0 Å². The molecule has 0 aliphatic heterocycles. The molecule has 3 atom stereocenters. The molecule has 0 rings (SSSR count). The van der Waals surface area contributed by atoms with Crippen molar-refractivity contribution in [3.8, 4) is 0 Å². The van der Waals surface area contributed by atoms with Gasteiger partial charge in [-0.15, -0.1) is 0 Å². The van der Waals surface area contributed by atoms with Gasteiger partial charge in [0.1, 0.15) is 13.2 Å². The first-order chi connectivity index (χ1) is 22.0. The normalized spacial score (nSPS) is 15.0. The summed E-state index contributed by atoms with van der Waals surface area (Å²) in [5.74, 6) is -0.213. The van der Waals surface area contributed by atoms with Crippen molar-refractivity contribution < 1.29 is 32.9 Å². The first-order valence-corrected chi connectivity index (χ1v) is 20.2. The van der Waals surface area contributed by atoms with E-state index in [0.717, 1.165) is 38.5 Å². The minimum Gasteiger partial charge on any atom is -0.387 e. The van der Waals surface area contributed by atoms with E-state index in [2.05, 4.69) is 31.3 Å². The summed E-state index contributed by atoms with van der Waals surface area (Å²) in [5.41, 5.74) is 0. The lowest BCUT2D eigenvalue weighted by Crippen LogP contribution is -2.45. The van der Waals surface area contributed by atoms with Crippen LogP contribution in [0.15, 0.2) is 24.3 Å². The van der Waals surface area contributed by atoms with Crippen LogP contribution in [0, 0.1) is 0 Å². The summed E-state index contributed by atoms with van der Waals surface area (Å²) in [6.45, 7) is 4.60. The number of carbonyl (C=O) groups excluding carboxylic acids is 1. The largest absolute Gasteiger partial charge is 0.472 e. The van der Waals surface area contributed by atoms with Crippen molar-refractivity contribution in [1.82, 2.24) is 5.32 Å². The van der Waals surface area contributed by atoms with Crippen LogP contribution in [0.3, 0.4) is 0 Å². The zero-order valence-electron chi connectivity index (χ0n) is 30.6. The molecule has 272 valence electrons. The van der Waals surface area contributed by atoms with E-state index in [1.165, 1.54) is 96.3 Å². The smallest absolute Gasteiger partial charge is 0.387 e. The number of rotatable bonds is 33. The Morgan fingerprint density at radius 2 is 1.20 bits per heavy atom. The Morgan fingerprint density at radius 3 is 1.74 bits per heavy atom. The van der Waals surface area contributed by atoms with E-state index in [1.807, 2.05) is 27.2 Å². The van der Waals surface area contributed by atoms with Gasteiger partial charge in [-0.3, -0.25) is 13.8 Å². The van der Waals surface area contributed by atoms with Crippen LogP contribution in [0.1, 0.15) is 155 Å². The van der Waals surface area contributed by atoms with Gasteiger partial charge < -0.3 is 19.8 Å². The minimum absolute atomic E-state index is 0.0563. The highest BCUT2D eigenvalue weighted by Crippen LogP contribution is 2.43. The van der Waals surface area contributed by atoms with E-state index in [9.17, 15) is 19.4 Å². The summed E-state index contributed by atoms with van der Waals surface area (Å²) in [6, 6.07) is -0.853. The highest BCUT2D eigenvalue weighted by molar-refractivity contribution is 7.47. The molecular weight excluding hydrogens is 599 g/mol. The van der Waals surface area contributed by atoms with Gasteiger partial charge in [-0.2, -0.15) is 0 Å². The van der Waals surface area contributed by atoms with E-state index >= 15 is 0 Å². The molecule has 9 heteroatoms. The quantitative estimate of drug-likeness (QED) is 0.0278. The fraction of sp³-hybridized carbons (Fsp3) is 0.865. The van der Waals surface area contributed by atoms with Gasteiger partial charge in [0.2, 0.25) is 5.91 Å². The Labute approximate surface area is 284 Å². The van der Waals surface area contributed by atoms with Crippen LogP contribution in [0.25, 0.3) is 0 Å². The van der Waals surface area contributed by atoms with Gasteiger partial charge in [-0.25, -0.2) is 4.57 Å². The number of aliphatic hydroxyl groups is 1. The zero-order valence-corrected chi connectivity index (χ0v) is 31.5. The molecule has 1 amide bonds. The SMILES string of the molecule is CCCCCCCCCCCCCCCCC/C=C/CC/C=C/C(O)C(COP(=O)(O)OCC[N+](C)(C)C)NC(=O)CCCCC. The summed E-state index contributed by atoms with van der Waals surface area (Å²) >= 11 is 0. The van der Waals surface area contributed by atoms with Gasteiger partial charge >= 0.3 is 7.82 Å². The number of likely N-dealkylation sites (N-methyl/N-ethyl adjacent to an activating group) is 1. The fourth-order valence-corrected chi connectivity index (χ4v) is 5.85. The number of unbranched alkanes of at least 4 members (excludes halogenated alkanes) is 18. The summed E-state index contributed by atoms with van der Waals surface area (Å²) < 4.78 is 23.2. The number of amides is 1. The lowest BCUT2D eigenvalue weighted by Gasteiger charge is -2.25. The Balaban J connectivity index is 4.21. The molecule has 3 unspecified atom stereocenters. The molecule has 0 aliphatic rings. The van der Waals surface area contributed by atoms with E-state index in [1.54, 1.807) is 6.08 Å². The first-order valence-electron chi connectivity index (χ1n) is 18.7. The maximum Gasteiger partial charge on any atom is 0.472 e. The third-order valence-electron chi connectivity index (χ3n) is 8.17. The Morgan fingerprint density at radius 1 is 0.717 bits per heavy atom. The van der Waals surface area contributed by atoms with Crippen LogP contribution in [-0.4, -0.2) is 73.4 Å². The van der Waals surface area contributed by atoms with Crippen molar-refractivity contribution in [3.63, 3.8) is 0 Å². The molecule has 3 N–H and O–H groups in total. The van der Waals surface area contributed by atoms with Crippen LogP contribution < -0.4 is 5.32 Å². The number of hydrogen-bond acceptors (Lipinski definition) is 5. The maximum absolute atomic E-state index is 12.4. The van der Waals surface area contributed by atoms with Crippen molar-refractivity contribution in [1.29, 1.82) is 0 Å². The van der Waals surface area contributed by atoms with Crippen LogP contribution in [0.4, 0.5) is 0 Å². The fourth-order valence-electron chi connectivity index (χ4n) is 5.11. The molecule has 0 bridgehead atoms. The molecule has 8 nitrogen and oxygen atoms in total. The van der Waals surface area contributed by atoms with E-state index in [4.69, 9.17) is 9.05 Å². The number of phosphoric ester groups is 1. The maximum atomic E-state index is 12.4. The highest BCUT2D eigenvalue weighted by Gasteiger charge is 2.27. The van der Waals surface area contributed by atoms with E-state index in [-0.39, 0.29) is 19.1 Å². The molecule has 0 aromatic heterocycles. The van der Waals surface area contributed by atoms with Crippen LogP contribution in [0.2, 0.25) is 0 Å². The molecule has 0 fully saturated rings. The third-order valence-corrected chi connectivity index (χ3v) is 9.16. The van der Waals surface area contributed by atoms with Crippen molar-refractivity contribution in [2.75, 3.05) is 40.9 Å². The van der Waals surface area contributed by atoms with Crippen molar-refractivity contribution in [3.05, 3.63) is 24.3 Å². The Kier molecular flexibility index (Phi) is 29.4. The Bertz CT molecular complexity index is 814. The summed E-state index contributed by atoms with van der Waals surface area (Å²) in [6.07, 6.45) is 33.3. The standard InChI is InChI=1S/C37H73N2O6P/c1-6-8-10-11-12-13-14-15-16-17-18-19-20-21-22-23-24-25-26-27-29-30-36(40)35(38-37(41)31-28-9-7-2)34-45-46(42,43)44-33-32-39(3,4)5/h24-25,29-30,35-36,40H,6-23,26-28,31-34H2,1-5H3,(H-,38,41,42,43)/p+1/b25-24+,30-29+. The van der Waals surface area contributed by atoms with Gasteiger partial charge in [0.15, 0.2) is 0 Å². The first kappa shape index (κ1) is 45.0. The summed E-state index contributed by atoms with van der Waals surface area (Å²) in [7, 11) is 1.55. The number of nitrogens with one attached hydrogen (secondary N) is 1. The number of phosphoric acid groups is 1. The summed E-state index contributed by atoms with van der Waals surface area (Å²) in [4.78, 5) is 22.5. The second kappa shape index (κ2) is 30.1. The molecule has 0 radical (unpaired) electrons. The third kappa shape index (κ3) is 31.6. The molecule has 0 spiro atoms. The van der Waals surface area contributed by atoms with Crippen molar-refractivity contribution in [2.45, 2.75) is 167 Å². The molecule has 46 heavy (non-hydrogen) atoms. The predicted molar refractivity (Wildman–Crippen MR) is 194 cm³/mol. The number of aliphatic hydroxyl groups excluding tert-OH is 1. The second-order valence-electron chi connectivity index (χ2n) is 13.9. The number of carbonyl (C=O) groups is 1. The molecule has 0 aromatic carbocycles. The lowest BCUT2D eigenvalue weighted by molar-refractivity contribution is -0.870. The second-order valence-corrected chi connectivity index (χ2v) is 15.4. The molecule has 0 heterocycles. The number of nitrogens with zero attached hydrogens (tertiary/aromatic N) is 1. The van der Waals surface area contributed by atoms with Crippen LogP contribution >= 0.6 is 7.82 Å². The summed E-state index contributed by atoms with van der Waals surface area (Å²) in [5, 5.41) is 13.5. The number of hydrogen-bond donors (Lipinski definition) is 3. The minimum atomic E-state index is -4.32. The van der Waals surface area contributed by atoms with Crippen molar-refractivity contribution >= 4 is 13.7 Å². The monoisotopic (exact) mass is 674 g/mol. The molecule has 0 aliphatic carbocycles. The van der Waals surface area contributed by atoms with E-state index < -0.39 is 20.0 Å². The topological polar surface area (TPSA) is 105 Å². The predicted octanol–water partition coefficient (Wildman–Crippen LogP) is 9.41. The lowest BCUT2D eigenvalue weighted by atomic mass is 10.0. The van der Waals surface area contributed by atoms with Gasteiger partial charge in [0, 0.05) is 6.42 Å². The van der Waals surface area contributed by atoms with Gasteiger partial charge in [0.05, 0.1) is 39.9 Å². The number of allylic oxidation sites excluding steroid dienone is 3. The molecule has 0 saturated heterocycles. The van der Waals surface area contributed by atoms with Crippen LogP contribution in [-0.2, 0) is 18.4 Å². The average molecular weight is 674 g/mol. The van der Waals surface area contributed by atoms with Gasteiger partial charge in [-0.05, 0) is 32.1 Å². The Hall–Kier alpha value is -1.02. The van der Waals surface area contributed by atoms with Gasteiger partial charge in [0.25, 0.3) is 0 Å². The highest BCUT2D eigenvalue weighted by atomic mass is 31.2. The van der Waals surface area contributed by atoms with Gasteiger partial charge in [-0.1, -0.05) is 141 Å². The van der Waals surface area contributed by atoms with Crippen molar-refractivity contribution in [2.24, 2.45) is 0 Å². The number of quaternary nitrogens is 1.